The van der Waals surface area contributed by atoms with Crippen LogP contribution >= 0.6 is 0 Å². The number of hydrogen-bond donors (Lipinski definition) is 0. The van der Waals surface area contributed by atoms with Gasteiger partial charge in [-0.2, -0.15) is 0 Å². The smallest absolute Gasteiger partial charge is 0.133 e. The van der Waals surface area contributed by atoms with Crippen LogP contribution in [-0.4, -0.2) is 11.6 Å². The van der Waals surface area contributed by atoms with Gasteiger partial charge in [-0.05, 0) is 20.3 Å². The Kier molecular flexibility index (Phi) is 12.3. The largest absolute Gasteiger partial charge is 0.300 e. The van der Waals surface area contributed by atoms with Crippen molar-refractivity contribution in [2.45, 2.75) is 48.5 Å². The SMILES string of the molecule is C.C.CCC(CC(C)=O)C(C)=O. The summed E-state index contributed by atoms with van der Waals surface area (Å²) < 4.78 is 0. The number of carbonyl (C=O) groups is 2. The first-order chi connectivity index (χ1) is 4.57. The fourth-order valence-electron chi connectivity index (χ4n) is 0.923. The molecule has 12 heavy (non-hydrogen) atoms. The molecule has 74 valence electrons. The quantitative estimate of drug-likeness (QED) is 0.656. The Balaban J connectivity index is -0.000000405. The average molecular weight is 174 g/mol. The summed E-state index contributed by atoms with van der Waals surface area (Å²) in [4.78, 5) is 21.3. The molecule has 0 heterocycles. The summed E-state index contributed by atoms with van der Waals surface area (Å²) >= 11 is 0. The Morgan fingerprint density at radius 3 is 1.67 bits per heavy atom. The molecule has 2 nitrogen and oxygen atoms in total. The highest BCUT2D eigenvalue weighted by atomic mass is 16.1. The third-order valence-electron chi connectivity index (χ3n) is 1.60. The minimum Gasteiger partial charge on any atom is -0.300 e. The number of hydrogen-bond acceptors (Lipinski definition) is 2. The molecule has 0 aromatic carbocycles. The van der Waals surface area contributed by atoms with Gasteiger partial charge in [0.2, 0.25) is 0 Å². The lowest BCUT2D eigenvalue weighted by Gasteiger charge is -2.06. The minimum absolute atomic E-state index is 0. The summed E-state index contributed by atoms with van der Waals surface area (Å²) in [7, 11) is 0. The van der Waals surface area contributed by atoms with Gasteiger partial charge in [0, 0.05) is 12.3 Å². The fourth-order valence-corrected chi connectivity index (χ4v) is 0.923. The first-order valence-electron chi connectivity index (χ1n) is 3.57. The van der Waals surface area contributed by atoms with Crippen LogP contribution in [0.1, 0.15) is 48.5 Å². The second-order valence-electron chi connectivity index (χ2n) is 2.62. The number of Topliss-reactive ketones (excluding diaryl/α,β-unsaturated/α-hetero) is 2. The van der Waals surface area contributed by atoms with E-state index in [1.807, 2.05) is 6.92 Å². The molecule has 0 saturated carbocycles. The lowest BCUT2D eigenvalue weighted by atomic mass is 9.96. The number of ketones is 2. The van der Waals surface area contributed by atoms with E-state index in [-0.39, 0.29) is 32.3 Å². The zero-order chi connectivity index (χ0) is 8.15. The molecule has 0 rings (SSSR count). The molecular weight excluding hydrogens is 152 g/mol. The maximum absolute atomic E-state index is 10.8. The van der Waals surface area contributed by atoms with E-state index >= 15 is 0 Å². The molecule has 0 aromatic heterocycles. The van der Waals surface area contributed by atoms with E-state index < -0.39 is 0 Å². The molecule has 0 aromatic rings. The van der Waals surface area contributed by atoms with Crippen molar-refractivity contribution < 1.29 is 9.59 Å². The van der Waals surface area contributed by atoms with E-state index in [0.717, 1.165) is 6.42 Å². The van der Waals surface area contributed by atoms with Crippen molar-refractivity contribution in [2.75, 3.05) is 0 Å². The molecule has 0 N–H and O–H groups in total. The third-order valence-corrected chi connectivity index (χ3v) is 1.60. The van der Waals surface area contributed by atoms with Gasteiger partial charge in [0.15, 0.2) is 0 Å². The van der Waals surface area contributed by atoms with Crippen molar-refractivity contribution in [3.8, 4) is 0 Å². The molecule has 0 bridgehead atoms. The molecule has 0 spiro atoms. The summed E-state index contributed by atoms with van der Waals surface area (Å²) in [5.74, 6) is 0.178. The molecule has 0 radical (unpaired) electrons. The van der Waals surface area contributed by atoms with Crippen LogP contribution in [0.5, 0.6) is 0 Å². The van der Waals surface area contributed by atoms with Crippen molar-refractivity contribution in [1.82, 2.24) is 0 Å². The maximum Gasteiger partial charge on any atom is 0.133 e. The molecular formula is C10H22O2. The Morgan fingerprint density at radius 2 is 1.58 bits per heavy atom. The van der Waals surface area contributed by atoms with Crippen molar-refractivity contribution >= 4 is 11.6 Å². The normalized spacial score (nSPS) is 10.6. The Bertz CT molecular complexity index is 139. The Labute approximate surface area is 76.4 Å². The van der Waals surface area contributed by atoms with E-state index in [0.29, 0.717) is 6.42 Å². The van der Waals surface area contributed by atoms with Gasteiger partial charge in [-0.15, -0.1) is 0 Å². The molecule has 0 amide bonds. The van der Waals surface area contributed by atoms with Crippen LogP contribution < -0.4 is 0 Å². The van der Waals surface area contributed by atoms with Crippen molar-refractivity contribution in [2.24, 2.45) is 5.92 Å². The number of carbonyl (C=O) groups excluding carboxylic acids is 2. The predicted octanol–water partition coefficient (Wildman–Crippen LogP) is 2.85. The van der Waals surface area contributed by atoms with Gasteiger partial charge in [0.25, 0.3) is 0 Å². The molecule has 0 aliphatic carbocycles. The molecule has 0 saturated heterocycles. The van der Waals surface area contributed by atoms with Gasteiger partial charge >= 0.3 is 0 Å². The first-order valence-corrected chi connectivity index (χ1v) is 3.57. The van der Waals surface area contributed by atoms with Crippen LogP contribution in [0, 0.1) is 5.92 Å². The topological polar surface area (TPSA) is 34.1 Å². The molecule has 2 heteroatoms. The van der Waals surface area contributed by atoms with Gasteiger partial charge < -0.3 is 4.79 Å². The molecule has 1 atom stereocenters. The van der Waals surface area contributed by atoms with Crippen LogP contribution in [0.3, 0.4) is 0 Å². The Hall–Kier alpha value is -0.660. The van der Waals surface area contributed by atoms with Gasteiger partial charge in [-0.1, -0.05) is 21.8 Å². The van der Waals surface area contributed by atoms with Crippen molar-refractivity contribution in [1.29, 1.82) is 0 Å². The van der Waals surface area contributed by atoms with Gasteiger partial charge in [0.05, 0.1) is 0 Å². The Morgan fingerprint density at radius 1 is 1.17 bits per heavy atom. The van der Waals surface area contributed by atoms with Crippen LogP contribution in [0.4, 0.5) is 0 Å². The van der Waals surface area contributed by atoms with E-state index in [2.05, 4.69) is 0 Å². The molecule has 0 aliphatic heterocycles. The van der Waals surface area contributed by atoms with Gasteiger partial charge in [0.1, 0.15) is 11.6 Å². The molecule has 0 fully saturated rings. The van der Waals surface area contributed by atoms with E-state index in [9.17, 15) is 9.59 Å². The lowest BCUT2D eigenvalue weighted by Crippen LogP contribution is -2.12. The summed E-state index contributed by atoms with van der Waals surface area (Å²) in [6.45, 7) is 4.98. The van der Waals surface area contributed by atoms with Crippen molar-refractivity contribution in [3.05, 3.63) is 0 Å². The van der Waals surface area contributed by atoms with Crippen LogP contribution in [-0.2, 0) is 9.59 Å². The van der Waals surface area contributed by atoms with Crippen LogP contribution in [0.15, 0.2) is 0 Å². The van der Waals surface area contributed by atoms with Gasteiger partial charge in [-0.25, -0.2) is 0 Å². The maximum atomic E-state index is 10.8. The number of rotatable bonds is 4. The monoisotopic (exact) mass is 174 g/mol. The van der Waals surface area contributed by atoms with Crippen LogP contribution in [0.25, 0.3) is 0 Å². The van der Waals surface area contributed by atoms with E-state index in [1.54, 1.807) is 0 Å². The predicted molar refractivity (Wildman–Crippen MR) is 53.2 cm³/mol. The average Bonchev–Trinajstić information content (AvgIpc) is 1.81. The second kappa shape index (κ2) is 8.44. The summed E-state index contributed by atoms with van der Waals surface area (Å²) in [6.07, 6.45) is 1.18. The van der Waals surface area contributed by atoms with Crippen molar-refractivity contribution in [3.63, 3.8) is 0 Å². The van der Waals surface area contributed by atoms with E-state index in [1.165, 1.54) is 13.8 Å². The highest BCUT2D eigenvalue weighted by Crippen LogP contribution is 2.09. The highest BCUT2D eigenvalue weighted by molar-refractivity contribution is 5.85. The fraction of sp³-hybridized carbons (Fsp3) is 0.800. The minimum atomic E-state index is -0.0440. The first kappa shape index (κ1) is 17.4. The van der Waals surface area contributed by atoms with Crippen LogP contribution in [0.2, 0.25) is 0 Å². The standard InChI is InChI=1S/C8H14O2.2CH4/c1-4-8(7(3)10)5-6(2)9;;/h8H,4-5H2,1-3H3;2*1H4. The lowest BCUT2D eigenvalue weighted by molar-refractivity contribution is -0.125. The highest BCUT2D eigenvalue weighted by Gasteiger charge is 2.12. The second-order valence-corrected chi connectivity index (χ2v) is 2.62. The molecule has 1 unspecified atom stereocenters. The summed E-state index contributed by atoms with van der Waals surface area (Å²) in [5.41, 5.74) is 0. The zero-order valence-electron chi connectivity index (χ0n) is 6.81. The van der Waals surface area contributed by atoms with E-state index in [4.69, 9.17) is 0 Å². The summed E-state index contributed by atoms with van der Waals surface area (Å²) in [5, 5.41) is 0. The zero-order valence-corrected chi connectivity index (χ0v) is 6.81. The third kappa shape index (κ3) is 7.45. The van der Waals surface area contributed by atoms with Gasteiger partial charge in [-0.3, -0.25) is 4.79 Å². The molecule has 0 aliphatic rings. The summed E-state index contributed by atoms with van der Waals surface area (Å²) in [6, 6.07) is 0.